The molecule has 0 aliphatic heterocycles. The van der Waals surface area contributed by atoms with Gasteiger partial charge in [0.2, 0.25) is 0 Å². The fourth-order valence-corrected chi connectivity index (χ4v) is 2.51. The number of hydrogen-bond donors (Lipinski definition) is 3. The molecule has 0 saturated heterocycles. The number of phenols is 1. The van der Waals surface area contributed by atoms with Gasteiger partial charge in [0.1, 0.15) is 5.75 Å². The topological polar surface area (TPSA) is 68.9 Å². The number of phenolic OH excluding ortho intramolecular Hbond substituents is 1. The number of aromatic nitrogens is 2. The number of aryl methyl sites for hydroxylation is 1. The molecule has 0 amide bonds. The number of hydrogen-bond acceptors (Lipinski definition) is 3. The molecular weight excluding hydrogens is 296 g/mol. The predicted octanol–water partition coefficient (Wildman–Crippen LogP) is 3.33. The van der Waals surface area contributed by atoms with Gasteiger partial charge in [-0.15, -0.1) is 0 Å². The molecule has 3 N–H and O–H groups in total. The number of aromatic amines is 2. The second-order valence-corrected chi connectivity index (χ2v) is 5.41. The maximum atomic E-state index is 12.1. The summed E-state index contributed by atoms with van der Waals surface area (Å²) >= 11 is 10.9. The van der Waals surface area contributed by atoms with Gasteiger partial charge in [0.05, 0.1) is 0 Å². The first-order valence-corrected chi connectivity index (χ1v) is 7.11. The van der Waals surface area contributed by atoms with Gasteiger partial charge in [-0.05, 0) is 42.4 Å². The summed E-state index contributed by atoms with van der Waals surface area (Å²) in [7, 11) is 0. The van der Waals surface area contributed by atoms with Crippen molar-refractivity contribution >= 4 is 23.8 Å². The van der Waals surface area contributed by atoms with E-state index in [2.05, 4.69) is 9.97 Å². The molecule has 0 fully saturated rings. The SMILES string of the molecule is CCCc1[nH]c(=S)[nH]c(=O)c1Cc1cc(Cl)ccc1O. The molecule has 0 atom stereocenters. The fraction of sp³-hybridized carbons (Fsp3) is 0.286. The van der Waals surface area contributed by atoms with Crippen LogP contribution in [-0.4, -0.2) is 15.1 Å². The van der Waals surface area contributed by atoms with Crippen LogP contribution in [0.2, 0.25) is 5.02 Å². The second kappa shape index (κ2) is 6.24. The van der Waals surface area contributed by atoms with E-state index in [1.54, 1.807) is 12.1 Å². The van der Waals surface area contributed by atoms with Gasteiger partial charge >= 0.3 is 0 Å². The van der Waals surface area contributed by atoms with E-state index in [9.17, 15) is 9.90 Å². The lowest BCUT2D eigenvalue weighted by atomic mass is 10.0. The monoisotopic (exact) mass is 310 g/mol. The van der Waals surface area contributed by atoms with Crippen molar-refractivity contribution in [1.82, 2.24) is 9.97 Å². The van der Waals surface area contributed by atoms with Gasteiger partial charge in [0.15, 0.2) is 4.77 Å². The lowest BCUT2D eigenvalue weighted by Crippen LogP contribution is -2.18. The van der Waals surface area contributed by atoms with Crippen molar-refractivity contribution in [2.45, 2.75) is 26.2 Å². The minimum atomic E-state index is -0.225. The molecule has 20 heavy (non-hydrogen) atoms. The van der Waals surface area contributed by atoms with Crippen LogP contribution in [0.25, 0.3) is 0 Å². The largest absolute Gasteiger partial charge is 0.508 e. The Morgan fingerprint density at radius 1 is 1.35 bits per heavy atom. The molecule has 1 heterocycles. The average Bonchev–Trinajstić information content (AvgIpc) is 2.38. The summed E-state index contributed by atoms with van der Waals surface area (Å²) in [6.45, 7) is 2.03. The van der Waals surface area contributed by atoms with Crippen molar-refractivity contribution in [2.24, 2.45) is 0 Å². The van der Waals surface area contributed by atoms with Crippen molar-refractivity contribution in [3.8, 4) is 5.75 Å². The zero-order valence-electron chi connectivity index (χ0n) is 11.0. The maximum Gasteiger partial charge on any atom is 0.255 e. The van der Waals surface area contributed by atoms with E-state index in [4.69, 9.17) is 23.8 Å². The molecule has 2 aromatic rings. The minimum Gasteiger partial charge on any atom is -0.508 e. The number of aromatic hydroxyl groups is 1. The van der Waals surface area contributed by atoms with E-state index in [0.29, 0.717) is 27.3 Å². The van der Waals surface area contributed by atoms with E-state index >= 15 is 0 Å². The summed E-state index contributed by atoms with van der Waals surface area (Å²) in [5, 5.41) is 10.4. The summed E-state index contributed by atoms with van der Waals surface area (Å²) < 4.78 is 0.317. The molecular formula is C14H15ClN2O2S. The smallest absolute Gasteiger partial charge is 0.255 e. The normalized spacial score (nSPS) is 10.7. The third-order valence-electron chi connectivity index (χ3n) is 3.04. The lowest BCUT2D eigenvalue weighted by Gasteiger charge is -2.09. The molecule has 0 aliphatic rings. The first-order valence-electron chi connectivity index (χ1n) is 6.33. The van der Waals surface area contributed by atoms with Gasteiger partial charge in [0, 0.05) is 22.7 Å². The number of H-pyrrole nitrogens is 2. The summed E-state index contributed by atoms with van der Waals surface area (Å²) in [6, 6.07) is 4.79. The quantitative estimate of drug-likeness (QED) is 0.759. The zero-order valence-corrected chi connectivity index (χ0v) is 12.6. The maximum absolute atomic E-state index is 12.1. The van der Waals surface area contributed by atoms with Crippen LogP contribution in [0.1, 0.15) is 30.2 Å². The highest BCUT2D eigenvalue weighted by Gasteiger charge is 2.11. The highest BCUT2D eigenvalue weighted by atomic mass is 35.5. The minimum absolute atomic E-state index is 0.124. The third kappa shape index (κ3) is 3.29. The Labute approximate surface area is 126 Å². The molecule has 6 heteroatoms. The zero-order chi connectivity index (χ0) is 14.7. The van der Waals surface area contributed by atoms with Gasteiger partial charge in [-0.1, -0.05) is 24.9 Å². The van der Waals surface area contributed by atoms with E-state index in [1.807, 2.05) is 6.92 Å². The Kier molecular flexibility index (Phi) is 4.62. The van der Waals surface area contributed by atoms with Gasteiger partial charge in [-0.3, -0.25) is 9.78 Å². The number of benzene rings is 1. The van der Waals surface area contributed by atoms with Crippen LogP contribution in [-0.2, 0) is 12.8 Å². The van der Waals surface area contributed by atoms with Crippen molar-refractivity contribution < 1.29 is 5.11 Å². The van der Waals surface area contributed by atoms with Crippen LogP contribution in [0.5, 0.6) is 5.75 Å². The summed E-state index contributed by atoms with van der Waals surface area (Å²) in [5.74, 6) is 0.124. The van der Waals surface area contributed by atoms with Gasteiger partial charge in [0.25, 0.3) is 5.56 Å². The van der Waals surface area contributed by atoms with Crippen LogP contribution in [0.3, 0.4) is 0 Å². The summed E-state index contributed by atoms with van der Waals surface area (Å²) in [5.41, 5.74) is 1.78. The molecule has 0 bridgehead atoms. The van der Waals surface area contributed by atoms with Crippen molar-refractivity contribution in [2.75, 3.05) is 0 Å². The van der Waals surface area contributed by atoms with Crippen LogP contribution in [0.15, 0.2) is 23.0 Å². The Bertz CT molecular complexity index is 737. The highest BCUT2D eigenvalue weighted by molar-refractivity contribution is 7.71. The number of halogens is 1. The average molecular weight is 311 g/mol. The van der Waals surface area contributed by atoms with E-state index in [0.717, 1.165) is 18.5 Å². The first-order chi connectivity index (χ1) is 9.51. The molecule has 1 aromatic heterocycles. The number of rotatable bonds is 4. The van der Waals surface area contributed by atoms with Gasteiger partial charge < -0.3 is 10.1 Å². The molecule has 0 spiro atoms. The van der Waals surface area contributed by atoms with Crippen molar-refractivity contribution in [3.05, 3.63) is 55.2 Å². The van der Waals surface area contributed by atoms with Crippen molar-refractivity contribution in [3.63, 3.8) is 0 Å². The molecule has 0 radical (unpaired) electrons. The Morgan fingerprint density at radius 3 is 2.80 bits per heavy atom. The molecule has 0 aliphatic carbocycles. The molecule has 2 rings (SSSR count). The Balaban J connectivity index is 2.50. The molecule has 106 valence electrons. The fourth-order valence-electron chi connectivity index (χ4n) is 2.10. The van der Waals surface area contributed by atoms with E-state index in [1.165, 1.54) is 6.07 Å². The first kappa shape index (κ1) is 14.8. The van der Waals surface area contributed by atoms with Gasteiger partial charge in [-0.25, -0.2) is 0 Å². The Morgan fingerprint density at radius 2 is 2.10 bits per heavy atom. The predicted molar refractivity (Wildman–Crippen MR) is 82.2 cm³/mol. The van der Waals surface area contributed by atoms with E-state index < -0.39 is 0 Å². The number of nitrogens with one attached hydrogen (secondary N) is 2. The highest BCUT2D eigenvalue weighted by Crippen LogP contribution is 2.24. The van der Waals surface area contributed by atoms with Crippen LogP contribution in [0, 0.1) is 4.77 Å². The molecule has 1 aromatic carbocycles. The molecule has 4 nitrogen and oxygen atoms in total. The summed E-state index contributed by atoms with van der Waals surface area (Å²) in [4.78, 5) is 17.7. The van der Waals surface area contributed by atoms with Crippen LogP contribution in [0.4, 0.5) is 0 Å². The Hall–Kier alpha value is -1.59. The van der Waals surface area contributed by atoms with E-state index in [-0.39, 0.29) is 11.3 Å². The lowest BCUT2D eigenvalue weighted by molar-refractivity contribution is 0.469. The van der Waals surface area contributed by atoms with Gasteiger partial charge in [-0.2, -0.15) is 0 Å². The molecule has 0 saturated carbocycles. The molecule has 0 unspecified atom stereocenters. The van der Waals surface area contributed by atoms with Crippen LogP contribution >= 0.6 is 23.8 Å². The van der Waals surface area contributed by atoms with Crippen LogP contribution < -0.4 is 5.56 Å². The standard InChI is InChI=1S/C14H15ClN2O2S/c1-2-3-11-10(13(19)17-14(20)16-11)7-8-6-9(15)4-5-12(8)18/h4-6,18H,2-3,7H2,1H3,(H2,16,17,19,20). The summed E-state index contributed by atoms with van der Waals surface area (Å²) in [6.07, 6.45) is 1.93. The van der Waals surface area contributed by atoms with Crippen molar-refractivity contribution in [1.29, 1.82) is 0 Å². The second-order valence-electron chi connectivity index (χ2n) is 4.57. The third-order valence-corrected chi connectivity index (χ3v) is 3.48.